The number of nitrogen functional groups attached to an aromatic ring is 1. The maximum atomic E-state index is 13.2. The van der Waals surface area contributed by atoms with Crippen LogP contribution in [0.5, 0.6) is 0 Å². The summed E-state index contributed by atoms with van der Waals surface area (Å²) in [6, 6.07) is 9.02. The number of sulfonamides is 1. The van der Waals surface area contributed by atoms with Crippen molar-refractivity contribution in [1.29, 1.82) is 0 Å². The second-order valence-electron chi connectivity index (χ2n) is 7.65. The fourth-order valence-corrected chi connectivity index (χ4v) is 6.10. The van der Waals surface area contributed by atoms with Gasteiger partial charge < -0.3 is 15.6 Å². The fourth-order valence-electron chi connectivity index (χ4n) is 4.14. The van der Waals surface area contributed by atoms with Crippen LogP contribution in [0.1, 0.15) is 18.4 Å². The molecule has 1 spiro atoms. The average Bonchev–Trinajstić information content (AvgIpc) is 3.25. The van der Waals surface area contributed by atoms with Gasteiger partial charge in [-0.25, -0.2) is 18.4 Å². The van der Waals surface area contributed by atoms with E-state index in [0.29, 0.717) is 25.3 Å². The molecule has 1 aliphatic heterocycles. The quantitative estimate of drug-likeness (QED) is 0.648. The van der Waals surface area contributed by atoms with E-state index in [1.807, 2.05) is 12.3 Å². The molecule has 2 aliphatic rings. The predicted molar refractivity (Wildman–Crippen MR) is 108 cm³/mol. The van der Waals surface area contributed by atoms with Crippen LogP contribution in [0, 0.1) is 0 Å². The molecular formula is C19H22N6O2S. The lowest BCUT2D eigenvalue weighted by molar-refractivity contribution is 0.270. The number of nitrogens with zero attached hydrogens (tertiary/aromatic N) is 4. The Hall–Kier alpha value is -2.65. The summed E-state index contributed by atoms with van der Waals surface area (Å²) in [4.78, 5) is 14.0. The van der Waals surface area contributed by atoms with E-state index in [0.717, 1.165) is 35.3 Å². The fraction of sp³-hybridized carbons (Fsp3) is 0.368. The van der Waals surface area contributed by atoms with Crippen molar-refractivity contribution in [2.75, 3.05) is 30.3 Å². The molecule has 0 amide bonds. The van der Waals surface area contributed by atoms with Gasteiger partial charge in [0.2, 0.25) is 10.0 Å². The number of piperazine rings is 1. The molecule has 3 heterocycles. The van der Waals surface area contributed by atoms with Crippen LogP contribution in [0.3, 0.4) is 0 Å². The summed E-state index contributed by atoms with van der Waals surface area (Å²) in [7, 11) is -3.40. The van der Waals surface area contributed by atoms with Crippen LogP contribution in [-0.4, -0.2) is 52.8 Å². The predicted octanol–water partition coefficient (Wildman–Crippen LogP) is 1.72. The summed E-state index contributed by atoms with van der Waals surface area (Å²) in [5, 5.41) is 0.969. The average molecular weight is 398 g/mol. The molecule has 2 fully saturated rings. The molecule has 0 radical (unpaired) electrons. The van der Waals surface area contributed by atoms with Crippen LogP contribution in [0.4, 0.5) is 11.5 Å². The highest BCUT2D eigenvalue weighted by molar-refractivity contribution is 7.88. The first-order valence-corrected chi connectivity index (χ1v) is 11.0. The third-order valence-electron chi connectivity index (χ3n) is 5.71. The molecule has 28 heavy (non-hydrogen) atoms. The zero-order chi connectivity index (χ0) is 19.4. The highest BCUT2D eigenvalue weighted by Gasteiger charge is 2.55. The van der Waals surface area contributed by atoms with Gasteiger partial charge in [-0.3, -0.25) is 0 Å². The Kier molecular flexibility index (Phi) is 3.85. The van der Waals surface area contributed by atoms with E-state index in [9.17, 15) is 8.42 Å². The number of aromatic nitrogens is 3. The van der Waals surface area contributed by atoms with Crippen LogP contribution < -0.4 is 10.6 Å². The SMILES string of the molecule is Nc1ccc(CS(=O)(=O)N2CCN(c3ncnc4[nH]ccc34)CC23CC3)cc1. The van der Waals surface area contributed by atoms with Gasteiger partial charge in [-0.05, 0) is 36.6 Å². The number of hydrogen-bond acceptors (Lipinski definition) is 6. The maximum absolute atomic E-state index is 13.2. The summed E-state index contributed by atoms with van der Waals surface area (Å²) >= 11 is 0. The van der Waals surface area contributed by atoms with E-state index in [4.69, 9.17) is 5.73 Å². The standard InChI is InChI=1S/C19H22N6O2S/c20-15-3-1-14(2-4-15)11-28(26,27)25-10-9-24(12-19(25)6-7-19)18-16-5-8-21-17(16)22-13-23-18/h1-5,8,13H,6-7,9-12,20H2,(H,21,22,23). The molecule has 5 rings (SSSR count). The molecular weight excluding hydrogens is 376 g/mol. The molecule has 8 nitrogen and oxygen atoms in total. The maximum Gasteiger partial charge on any atom is 0.218 e. The Labute approximate surface area is 163 Å². The molecule has 0 bridgehead atoms. The van der Waals surface area contributed by atoms with Crippen molar-refractivity contribution in [2.45, 2.75) is 24.1 Å². The number of nitrogens with one attached hydrogen (secondary N) is 1. The zero-order valence-corrected chi connectivity index (χ0v) is 16.2. The van der Waals surface area contributed by atoms with E-state index >= 15 is 0 Å². The number of benzene rings is 1. The Morgan fingerprint density at radius 2 is 1.89 bits per heavy atom. The van der Waals surface area contributed by atoms with Gasteiger partial charge in [-0.2, -0.15) is 4.31 Å². The van der Waals surface area contributed by atoms with Crippen LogP contribution in [-0.2, 0) is 15.8 Å². The van der Waals surface area contributed by atoms with Crippen LogP contribution in [0.2, 0.25) is 0 Å². The van der Waals surface area contributed by atoms with Crippen molar-refractivity contribution in [1.82, 2.24) is 19.3 Å². The number of aromatic amines is 1. The monoisotopic (exact) mass is 398 g/mol. The first-order valence-electron chi connectivity index (χ1n) is 9.35. The van der Waals surface area contributed by atoms with Gasteiger partial charge in [-0.15, -0.1) is 0 Å². The van der Waals surface area contributed by atoms with Crippen molar-refractivity contribution >= 4 is 32.6 Å². The van der Waals surface area contributed by atoms with Gasteiger partial charge in [0.15, 0.2) is 0 Å². The summed E-state index contributed by atoms with van der Waals surface area (Å²) in [5.41, 5.74) is 7.58. The Morgan fingerprint density at radius 1 is 1.11 bits per heavy atom. The lowest BCUT2D eigenvalue weighted by Crippen LogP contribution is -2.57. The van der Waals surface area contributed by atoms with Crippen molar-refractivity contribution in [3.63, 3.8) is 0 Å². The summed E-state index contributed by atoms with van der Waals surface area (Å²) < 4.78 is 28.0. The smallest absolute Gasteiger partial charge is 0.218 e. The minimum absolute atomic E-state index is 0.00456. The molecule has 146 valence electrons. The Bertz CT molecular complexity index is 1120. The number of hydrogen-bond donors (Lipinski definition) is 2. The van der Waals surface area contributed by atoms with Gasteiger partial charge in [0.05, 0.1) is 16.7 Å². The highest BCUT2D eigenvalue weighted by atomic mass is 32.2. The van der Waals surface area contributed by atoms with Gasteiger partial charge in [0.1, 0.15) is 17.8 Å². The second kappa shape index (κ2) is 6.18. The first kappa shape index (κ1) is 17.4. The molecule has 3 aromatic rings. The minimum atomic E-state index is -3.40. The third-order valence-corrected chi connectivity index (χ3v) is 7.65. The van der Waals surface area contributed by atoms with Gasteiger partial charge in [0, 0.05) is 31.5 Å². The first-order chi connectivity index (χ1) is 13.5. The van der Waals surface area contributed by atoms with Crippen molar-refractivity contribution in [3.05, 3.63) is 48.4 Å². The van der Waals surface area contributed by atoms with Gasteiger partial charge >= 0.3 is 0 Å². The number of nitrogens with two attached hydrogens (primary N) is 1. The van der Waals surface area contributed by atoms with Crippen LogP contribution >= 0.6 is 0 Å². The van der Waals surface area contributed by atoms with Crippen molar-refractivity contribution < 1.29 is 8.42 Å². The molecule has 1 saturated carbocycles. The molecule has 9 heteroatoms. The number of H-pyrrole nitrogens is 1. The lowest BCUT2D eigenvalue weighted by atomic mass is 10.2. The van der Waals surface area contributed by atoms with Gasteiger partial charge in [0.25, 0.3) is 0 Å². The minimum Gasteiger partial charge on any atom is -0.399 e. The van der Waals surface area contributed by atoms with E-state index in [1.54, 1.807) is 34.9 Å². The molecule has 3 N–H and O–H groups in total. The van der Waals surface area contributed by atoms with E-state index < -0.39 is 10.0 Å². The van der Waals surface area contributed by atoms with Crippen LogP contribution in [0.15, 0.2) is 42.9 Å². The highest BCUT2D eigenvalue weighted by Crippen LogP contribution is 2.47. The number of anilines is 2. The van der Waals surface area contributed by atoms with Crippen LogP contribution in [0.25, 0.3) is 11.0 Å². The third kappa shape index (κ3) is 2.91. The summed E-state index contributed by atoms with van der Waals surface area (Å²) in [6.45, 7) is 1.73. The molecule has 0 atom stereocenters. The Morgan fingerprint density at radius 3 is 2.64 bits per heavy atom. The van der Waals surface area contributed by atoms with E-state index in [2.05, 4.69) is 19.9 Å². The summed E-state index contributed by atoms with van der Waals surface area (Å²) in [5.74, 6) is 0.873. The van der Waals surface area contributed by atoms with Crippen molar-refractivity contribution in [2.24, 2.45) is 0 Å². The summed E-state index contributed by atoms with van der Waals surface area (Å²) in [6.07, 6.45) is 5.17. The molecule has 1 aliphatic carbocycles. The Balaban J connectivity index is 1.39. The number of fused-ring (bicyclic) bond motifs is 1. The second-order valence-corrected chi connectivity index (χ2v) is 9.55. The molecule has 1 saturated heterocycles. The molecule has 1 aromatic carbocycles. The van der Waals surface area contributed by atoms with Gasteiger partial charge in [-0.1, -0.05) is 12.1 Å². The zero-order valence-electron chi connectivity index (χ0n) is 15.4. The normalized spacial score (nSPS) is 19.4. The topological polar surface area (TPSA) is 108 Å². The van der Waals surface area contributed by atoms with E-state index in [1.165, 1.54) is 0 Å². The molecule has 2 aromatic heterocycles. The van der Waals surface area contributed by atoms with Crippen molar-refractivity contribution in [3.8, 4) is 0 Å². The number of rotatable bonds is 4. The largest absolute Gasteiger partial charge is 0.399 e. The lowest BCUT2D eigenvalue weighted by Gasteiger charge is -2.41. The molecule has 0 unspecified atom stereocenters. The van der Waals surface area contributed by atoms with E-state index in [-0.39, 0.29) is 11.3 Å².